The number of aryl methyl sites for hydroxylation is 3. The number of ether oxygens (including phenoxy) is 3. The number of hydrogen-bond acceptors (Lipinski definition) is 9. The van der Waals surface area contributed by atoms with E-state index in [9.17, 15) is 19.5 Å². The number of rotatable bonds is 9. The molecule has 8 bridgehead atoms. The summed E-state index contributed by atoms with van der Waals surface area (Å²) in [5, 5.41) is 9.99. The highest BCUT2D eigenvalue weighted by atomic mass is 16.5. The minimum absolute atomic E-state index is 0.00871. The molecular weight excluding hydrogens is 612 g/mol. The van der Waals surface area contributed by atoms with Gasteiger partial charge in [-0.05, 0) is 86.1 Å². The Labute approximate surface area is 279 Å². The van der Waals surface area contributed by atoms with Crippen LogP contribution in [-0.2, 0) is 47.9 Å². The molecule has 0 saturated carbocycles. The van der Waals surface area contributed by atoms with Crippen molar-refractivity contribution in [3.63, 3.8) is 0 Å². The van der Waals surface area contributed by atoms with Gasteiger partial charge in [0.15, 0.2) is 0 Å². The summed E-state index contributed by atoms with van der Waals surface area (Å²) < 4.78 is 15.3. The van der Waals surface area contributed by atoms with Gasteiger partial charge in [-0.15, -0.1) is 0 Å². The SMILES string of the molecule is CCc1c(C)c2cc3[nH]c(cc4nc(c(CC(=O)OC)c5nc(cc1[nH]2)C(C)=C5C(=O)OC)[C@@H](CCC(=O)OC)[C@@H]4C)c(C)c3CCO. The van der Waals surface area contributed by atoms with Crippen molar-refractivity contribution in [1.29, 1.82) is 0 Å². The summed E-state index contributed by atoms with van der Waals surface area (Å²) in [7, 11) is 3.98. The number of esters is 3. The number of aromatic nitrogens is 4. The highest BCUT2D eigenvalue weighted by molar-refractivity contribution is 6.25. The molecule has 11 nitrogen and oxygen atoms in total. The Balaban J connectivity index is 2.01. The molecule has 5 rings (SSSR count). The van der Waals surface area contributed by atoms with E-state index in [-0.39, 0.29) is 42.8 Å². The Hall–Kier alpha value is -4.77. The molecule has 0 fully saturated rings. The number of nitrogens with zero attached hydrogens (tertiary/aromatic N) is 2. The minimum Gasteiger partial charge on any atom is -0.469 e. The van der Waals surface area contributed by atoms with Crippen LogP contribution >= 0.6 is 0 Å². The van der Waals surface area contributed by atoms with Crippen molar-refractivity contribution < 1.29 is 33.7 Å². The fraction of sp³-hybridized carbons (Fsp3) is 0.432. The monoisotopic (exact) mass is 656 g/mol. The number of aromatic amines is 2. The van der Waals surface area contributed by atoms with Gasteiger partial charge in [0.1, 0.15) is 0 Å². The number of hydrogen-bond donors (Lipinski definition) is 3. The first-order valence-corrected chi connectivity index (χ1v) is 16.3. The van der Waals surface area contributed by atoms with Crippen LogP contribution in [0.2, 0.25) is 0 Å². The lowest BCUT2D eigenvalue weighted by molar-refractivity contribution is -0.141. The molecule has 0 unspecified atom stereocenters. The Kier molecular flexibility index (Phi) is 10.2. The molecule has 3 aromatic rings. The van der Waals surface area contributed by atoms with Gasteiger partial charge < -0.3 is 29.3 Å². The molecule has 0 amide bonds. The van der Waals surface area contributed by atoms with Crippen LogP contribution in [0.25, 0.3) is 33.2 Å². The predicted octanol–water partition coefficient (Wildman–Crippen LogP) is 5.69. The number of methoxy groups -OCH3 is 3. The lowest BCUT2D eigenvalue weighted by Crippen LogP contribution is -2.15. The van der Waals surface area contributed by atoms with Crippen molar-refractivity contribution in [2.45, 2.75) is 78.6 Å². The lowest BCUT2D eigenvalue weighted by atomic mass is 9.84. The molecule has 2 aliphatic heterocycles. The maximum atomic E-state index is 13.4. The van der Waals surface area contributed by atoms with Gasteiger partial charge >= 0.3 is 17.9 Å². The molecular formula is C37H44N4O7. The van der Waals surface area contributed by atoms with E-state index in [1.54, 1.807) is 0 Å². The van der Waals surface area contributed by atoms with Gasteiger partial charge in [0, 0.05) is 58.2 Å². The second-order valence-electron chi connectivity index (χ2n) is 12.4. The van der Waals surface area contributed by atoms with Gasteiger partial charge in [0.05, 0.1) is 50.4 Å². The summed E-state index contributed by atoms with van der Waals surface area (Å²) in [5.41, 5.74) is 11.1. The number of H-pyrrole nitrogens is 2. The second kappa shape index (κ2) is 14.1. The van der Waals surface area contributed by atoms with Crippen molar-refractivity contribution in [2.24, 2.45) is 0 Å². The molecule has 5 heterocycles. The summed E-state index contributed by atoms with van der Waals surface area (Å²) in [4.78, 5) is 56.1. The van der Waals surface area contributed by atoms with Gasteiger partial charge in [-0.25, -0.2) is 9.78 Å². The number of aliphatic hydroxyl groups excluding tert-OH is 1. The third kappa shape index (κ3) is 6.26. The maximum Gasteiger partial charge on any atom is 0.340 e. The molecule has 3 aromatic heterocycles. The third-order valence-electron chi connectivity index (χ3n) is 9.80. The second-order valence-corrected chi connectivity index (χ2v) is 12.4. The average molecular weight is 657 g/mol. The molecule has 0 aromatic carbocycles. The summed E-state index contributed by atoms with van der Waals surface area (Å²) in [6, 6.07) is 5.99. The van der Waals surface area contributed by atoms with Crippen LogP contribution in [0, 0.1) is 13.8 Å². The Morgan fingerprint density at radius 3 is 2.10 bits per heavy atom. The zero-order valence-electron chi connectivity index (χ0n) is 28.9. The Bertz CT molecular complexity index is 1980. The van der Waals surface area contributed by atoms with E-state index in [0.717, 1.165) is 56.4 Å². The smallest absolute Gasteiger partial charge is 0.340 e. The van der Waals surface area contributed by atoms with Gasteiger partial charge in [0.25, 0.3) is 0 Å². The molecule has 0 aliphatic carbocycles. The zero-order chi connectivity index (χ0) is 34.9. The molecule has 0 spiro atoms. The highest BCUT2D eigenvalue weighted by Gasteiger charge is 2.36. The first kappa shape index (κ1) is 34.6. The normalized spacial score (nSPS) is 15.9. The number of nitrogens with one attached hydrogen (secondary N) is 2. The van der Waals surface area contributed by atoms with Crippen molar-refractivity contribution in [1.82, 2.24) is 19.9 Å². The fourth-order valence-electron chi connectivity index (χ4n) is 6.98. The average Bonchev–Trinajstić information content (AvgIpc) is 3.75. The maximum absolute atomic E-state index is 13.4. The van der Waals surface area contributed by atoms with Crippen LogP contribution in [-0.4, -0.2) is 70.9 Å². The van der Waals surface area contributed by atoms with Crippen LogP contribution < -0.4 is 0 Å². The van der Waals surface area contributed by atoms with Crippen LogP contribution in [0.1, 0.15) is 96.0 Å². The van der Waals surface area contributed by atoms with Crippen LogP contribution in [0.3, 0.4) is 0 Å². The largest absolute Gasteiger partial charge is 0.469 e. The van der Waals surface area contributed by atoms with Crippen molar-refractivity contribution in [2.75, 3.05) is 27.9 Å². The van der Waals surface area contributed by atoms with Crippen molar-refractivity contribution >= 4 is 51.1 Å². The van der Waals surface area contributed by atoms with Gasteiger partial charge in [0.2, 0.25) is 0 Å². The van der Waals surface area contributed by atoms with Gasteiger partial charge in [-0.2, -0.15) is 0 Å². The molecule has 48 heavy (non-hydrogen) atoms. The van der Waals surface area contributed by atoms with Gasteiger partial charge in [-0.3, -0.25) is 14.6 Å². The topological polar surface area (TPSA) is 156 Å². The molecule has 0 saturated heterocycles. The van der Waals surface area contributed by atoms with Crippen LogP contribution in [0.5, 0.6) is 0 Å². The number of allylic oxidation sites excluding steroid dienone is 1. The number of carbonyl (C=O) groups excluding carboxylic acids is 3. The standard InChI is InChI=1S/C37H44N4O7/c1-9-22-18(2)27-16-31-23(12-13-42)19(3)26(39-31)15-28-20(4)24(10-11-32(43)46-6)35(40-28)25(14-33(44)47-7)36-34(37(45)48-8)21(5)29(41-36)17-30(22)38-27/h15-17,20,24,38-39,42H,9-14H2,1-8H3/t20-,24-/m0/s1. The minimum atomic E-state index is -0.582. The van der Waals surface area contributed by atoms with Crippen molar-refractivity contribution in [3.8, 4) is 0 Å². The summed E-state index contributed by atoms with van der Waals surface area (Å²) in [5.74, 6) is -1.94. The van der Waals surface area contributed by atoms with Crippen molar-refractivity contribution in [3.05, 3.63) is 68.8 Å². The zero-order valence-corrected chi connectivity index (χ0v) is 28.9. The van der Waals surface area contributed by atoms with Gasteiger partial charge in [-0.1, -0.05) is 13.8 Å². The fourth-order valence-corrected chi connectivity index (χ4v) is 6.98. The van der Waals surface area contributed by atoms with E-state index in [0.29, 0.717) is 41.1 Å². The first-order valence-electron chi connectivity index (χ1n) is 16.3. The Morgan fingerprint density at radius 1 is 0.833 bits per heavy atom. The number of carbonyl (C=O) groups is 3. The third-order valence-corrected chi connectivity index (χ3v) is 9.80. The molecule has 2 atom stereocenters. The molecule has 0 radical (unpaired) electrons. The van der Waals surface area contributed by atoms with Crippen LogP contribution in [0.4, 0.5) is 0 Å². The number of aliphatic hydroxyl groups is 1. The number of fused-ring (bicyclic) bond motifs is 8. The quantitative estimate of drug-likeness (QED) is 0.195. The van der Waals surface area contributed by atoms with E-state index in [1.807, 2.05) is 32.9 Å². The van der Waals surface area contributed by atoms with E-state index in [4.69, 9.17) is 24.2 Å². The van der Waals surface area contributed by atoms with E-state index >= 15 is 0 Å². The Morgan fingerprint density at radius 2 is 1.48 bits per heavy atom. The van der Waals surface area contributed by atoms with E-state index < -0.39 is 11.9 Å². The van der Waals surface area contributed by atoms with E-state index in [1.165, 1.54) is 21.3 Å². The molecule has 11 heteroatoms. The molecule has 3 N–H and O–H groups in total. The molecule has 2 aliphatic rings. The first-order chi connectivity index (χ1) is 23.0. The van der Waals surface area contributed by atoms with Crippen LogP contribution in [0.15, 0.2) is 18.2 Å². The molecule has 254 valence electrons. The lowest BCUT2D eigenvalue weighted by Gasteiger charge is -2.18. The predicted molar refractivity (Wildman–Crippen MR) is 183 cm³/mol. The summed E-state index contributed by atoms with van der Waals surface area (Å²) in [6.07, 6.45) is 1.55. The van der Waals surface area contributed by atoms with E-state index in [2.05, 4.69) is 29.9 Å². The summed E-state index contributed by atoms with van der Waals surface area (Å²) >= 11 is 0. The highest BCUT2D eigenvalue weighted by Crippen LogP contribution is 2.44. The summed E-state index contributed by atoms with van der Waals surface area (Å²) in [6.45, 7) is 10.0.